The molecule has 1 unspecified atom stereocenters. The lowest BCUT2D eigenvalue weighted by Crippen LogP contribution is -1.94. The van der Waals surface area contributed by atoms with Gasteiger partial charge in [0.2, 0.25) is 5.88 Å². The highest BCUT2D eigenvalue weighted by molar-refractivity contribution is 7.98. The van der Waals surface area contributed by atoms with E-state index in [4.69, 9.17) is 16.3 Å². The van der Waals surface area contributed by atoms with Crippen molar-refractivity contribution in [2.75, 3.05) is 13.4 Å². The van der Waals surface area contributed by atoms with E-state index in [1.165, 1.54) is 0 Å². The first-order chi connectivity index (χ1) is 6.20. The molecular formula is C9H12ClNOS. The third-order valence-electron chi connectivity index (χ3n) is 1.87. The Balaban J connectivity index is 3.08. The van der Waals surface area contributed by atoms with Crippen LogP contribution in [-0.2, 0) is 0 Å². The fourth-order valence-corrected chi connectivity index (χ4v) is 1.89. The molecule has 1 aromatic rings. The van der Waals surface area contributed by atoms with Crippen molar-refractivity contribution in [1.29, 1.82) is 0 Å². The molecule has 0 radical (unpaired) electrons. The zero-order valence-corrected chi connectivity index (χ0v) is 9.45. The van der Waals surface area contributed by atoms with Gasteiger partial charge in [-0.15, -0.1) is 0 Å². The van der Waals surface area contributed by atoms with Crippen LogP contribution >= 0.6 is 23.4 Å². The predicted octanol–water partition coefficient (Wildman–Crippen LogP) is 3.17. The molecule has 0 bridgehead atoms. The van der Waals surface area contributed by atoms with Gasteiger partial charge in [0, 0.05) is 11.4 Å². The van der Waals surface area contributed by atoms with E-state index < -0.39 is 0 Å². The molecule has 1 atom stereocenters. The van der Waals surface area contributed by atoms with Crippen LogP contribution in [0.5, 0.6) is 5.88 Å². The van der Waals surface area contributed by atoms with E-state index in [0.29, 0.717) is 16.2 Å². The maximum absolute atomic E-state index is 6.08. The summed E-state index contributed by atoms with van der Waals surface area (Å²) in [6.45, 7) is 2.10. The fraction of sp³-hybridized carbons (Fsp3) is 0.444. The summed E-state index contributed by atoms with van der Waals surface area (Å²) in [5.41, 5.74) is 1.07. The summed E-state index contributed by atoms with van der Waals surface area (Å²) in [5, 5.41) is 0.983. The number of nitrogens with zero attached hydrogens (tertiary/aromatic N) is 1. The van der Waals surface area contributed by atoms with E-state index in [1.807, 2.05) is 12.3 Å². The number of pyridine rings is 1. The third kappa shape index (κ3) is 2.29. The molecule has 2 nitrogen and oxygen atoms in total. The number of hydrogen-bond acceptors (Lipinski definition) is 3. The Labute approximate surface area is 87.7 Å². The molecule has 4 heteroatoms. The Kier molecular flexibility index (Phi) is 3.88. The summed E-state index contributed by atoms with van der Waals surface area (Å²) < 4.78 is 5.03. The molecule has 0 aromatic carbocycles. The van der Waals surface area contributed by atoms with Crippen molar-refractivity contribution >= 4 is 23.4 Å². The maximum Gasteiger partial charge on any atom is 0.232 e. The van der Waals surface area contributed by atoms with Crippen LogP contribution in [0.25, 0.3) is 0 Å². The first-order valence-corrected chi connectivity index (χ1v) is 5.58. The molecule has 1 aromatic heterocycles. The number of thioether (sulfide) groups is 1. The Morgan fingerprint density at radius 2 is 2.31 bits per heavy atom. The Bertz CT molecular complexity index is 293. The van der Waals surface area contributed by atoms with Crippen molar-refractivity contribution in [3.05, 3.63) is 22.8 Å². The third-order valence-corrected chi connectivity index (χ3v) is 3.21. The van der Waals surface area contributed by atoms with E-state index >= 15 is 0 Å². The molecule has 0 aliphatic carbocycles. The minimum Gasteiger partial charge on any atom is -0.480 e. The maximum atomic E-state index is 6.08. The van der Waals surface area contributed by atoms with Crippen molar-refractivity contribution in [3.8, 4) is 5.88 Å². The van der Waals surface area contributed by atoms with E-state index in [2.05, 4.69) is 11.9 Å². The molecule has 0 aliphatic heterocycles. The molecule has 13 heavy (non-hydrogen) atoms. The van der Waals surface area contributed by atoms with Crippen LogP contribution in [0.2, 0.25) is 5.02 Å². The summed E-state index contributed by atoms with van der Waals surface area (Å²) in [6, 6.07) is 1.92. The molecule has 0 saturated heterocycles. The van der Waals surface area contributed by atoms with Gasteiger partial charge in [0.25, 0.3) is 0 Å². The van der Waals surface area contributed by atoms with E-state index in [0.717, 1.165) is 5.56 Å². The van der Waals surface area contributed by atoms with Gasteiger partial charge in [-0.05, 0) is 24.8 Å². The van der Waals surface area contributed by atoms with E-state index in [1.54, 1.807) is 25.1 Å². The minimum absolute atomic E-state index is 0.365. The SMILES string of the molecule is COc1nccc(C(C)SC)c1Cl. The predicted molar refractivity (Wildman–Crippen MR) is 57.7 cm³/mol. The summed E-state index contributed by atoms with van der Waals surface area (Å²) >= 11 is 7.83. The van der Waals surface area contributed by atoms with Crippen molar-refractivity contribution in [1.82, 2.24) is 4.98 Å². The second kappa shape index (κ2) is 4.72. The molecule has 1 heterocycles. The zero-order valence-electron chi connectivity index (χ0n) is 7.87. The summed E-state index contributed by atoms with van der Waals surface area (Å²) in [5.74, 6) is 0.500. The Hall–Kier alpha value is -0.410. The van der Waals surface area contributed by atoms with Gasteiger partial charge in [0.15, 0.2) is 0 Å². The largest absolute Gasteiger partial charge is 0.480 e. The highest BCUT2D eigenvalue weighted by Crippen LogP contribution is 2.35. The molecule has 1 rings (SSSR count). The van der Waals surface area contributed by atoms with Gasteiger partial charge in [-0.1, -0.05) is 11.6 Å². The standard InChI is InChI=1S/C9H12ClNOS/c1-6(13-3)7-4-5-11-9(12-2)8(7)10/h4-6H,1-3H3. The normalized spacial score (nSPS) is 12.6. The van der Waals surface area contributed by atoms with Gasteiger partial charge in [-0.3, -0.25) is 0 Å². The minimum atomic E-state index is 0.365. The summed E-state index contributed by atoms with van der Waals surface area (Å²) in [4.78, 5) is 4.01. The lowest BCUT2D eigenvalue weighted by Gasteiger charge is -2.11. The van der Waals surface area contributed by atoms with Crippen molar-refractivity contribution in [2.24, 2.45) is 0 Å². The average Bonchev–Trinajstić information content (AvgIpc) is 2.17. The highest BCUT2D eigenvalue weighted by Gasteiger charge is 2.12. The topological polar surface area (TPSA) is 22.1 Å². The van der Waals surface area contributed by atoms with Gasteiger partial charge in [0.05, 0.1) is 7.11 Å². The first-order valence-electron chi connectivity index (χ1n) is 3.92. The van der Waals surface area contributed by atoms with Crippen molar-refractivity contribution < 1.29 is 4.74 Å². The molecule has 0 aliphatic rings. The zero-order chi connectivity index (χ0) is 9.84. The molecule has 0 spiro atoms. The van der Waals surface area contributed by atoms with Crippen LogP contribution in [0.4, 0.5) is 0 Å². The fourth-order valence-electron chi connectivity index (χ4n) is 1.02. The van der Waals surface area contributed by atoms with Crippen LogP contribution in [0.3, 0.4) is 0 Å². The molecule has 0 saturated carbocycles. The molecule has 0 amide bonds. The van der Waals surface area contributed by atoms with Gasteiger partial charge in [0.1, 0.15) is 5.02 Å². The summed E-state index contributed by atoms with van der Waals surface area (Å²) in [7, 11) is 1.57. The van der Waals surface area contributed by atoms with Gasteiger partial charge >= 0.3 is 0 Å². The molecule has 0 fully saturated rings. The number of ether oxygens (including phenoxy) is 1. The van der Waals surface area contributed by atoms with Crippen molar-refractivity contribution in [3.63, 3.8) is 0 Å². The second-order valence-electron chi connectivity index (χ2n) is 2.60. The monoisotopic (exact) mass is 217 g/mol. The van der Waals surface area contributed by atoms with Crippen LogP contribution in [0.1, 0.15) is 17.7 Å². The molecule has 72 valence electrons. The number of halogens is 1. The van der Waals surface area contributed by atoms with Gasteiger partial charge < -0.3 is 4.74 Å². The molecule has 0 N–H and O–H groups in total. The number of rotatable bonds is 3. The number of hydrogen-bond donors (Lipinski definition) is 0. The molecular weight excluding hydrogens is 206 g/mol. The van der Waals surface area contributed by atoms with Crippen LogP contribution in [0.15, 0.2) is 12.3 Å². The van der Waals surface area contributed by atoms with Crippen molar-refractivity contribution in [2.45, 2.75) is 12.2 Å². The van der Waals surface area contributed by atoms with Gasteiger partial charge in [-0.25, -0.2) is 4.98 Å². The lowest BCUT2D eigenvalue weighted by molar-refractivity contribution is 0.397. The quantitative estimate of drug-likeness (QED) is 0.777. The average molecular weight is 218 g/mol. The van der Waals surface area contributed by atoms with Crippen LogP contribution in [-0.4, -0.2) is 18.3 Å². The first kappa shape index (κ1) is 10.7. The van der Waals surface area contributed by atoms with Gasteiger partial charge in [-0.2, -0.15) is 11.8 Å². The summed E-state index contributed by atoms with van der Waals surface area (Å²) in [6.07, 6.45) is 3.76. The second-order valence-corrected chi connectivity index (χ2v) is 4.16. The highest BCUT2D eigenvalue weighted by atomic mass is 35.5. The number of aromatic nitrogens is 1. The Morgan fingerprint density at radius 3 is 2.85 bits per heavy atom. The lowest BCUT2D eigenvalue weighted by atomic mass is 10.2. The smallest absolute Gasteiger partial charge is 0.232 e. The van der Waals surface area contributed by atoms with Crippen LogP contribution in [0, 0.1) is 0 Å². The Morgan fingerprint density at radius 1 is 1.62 bits per heavy atom. The van der Waals surface area contributed by atoms with Crippen LogP contribution < -0.4 is 4.74 Å². The number of methoxy groups -OCH3 is 1. The van der Waals surface area contributed by atoms with E-state index in [-0.39, 0.29) is 0 Å². The van der Waals surface area contributed by atoms with E-state index in [9.17, 15) is 0 Å².